The van der Waals surface area contributed by atoms with E-state index in [1.165, 1.54) is 6.42 Å². The van der Waals surface area contributed by atoms with Gasteiger partial charge in [-0.3, -0.25) is 4.79 Å². The van der Waals surface area contributed by atoms with Crippen molar-refractivity contribution in [3.8, 4) is 0 Å². The topological polar surface area (TPSA) is 102 Å². The molecule has 1 N–H and O–H groups in total. The molecule has 1 atom stereocenters. The van der Waals surface area contributed by atoms with Crippen LogP contribution in [0.1, 0.15) is 64.3 Å². The molecule has 1 saturated carbocycles. The van der Waals surface area contributed by atoms with Crippen LogP contribution in [0.2, 0.25) is 0 Å². The van der Waals surface area contributed by atoms with Crippen molar-refractivity contribution in [2.24, 2.45) is 11.8 Å². The zero-order valence-corrected chi connectivity index (χ0v) is 14.7. The van der Waals surface area contributed by atoms with Gasteiger partial charge in [-0.15, -0.1) is 5.10 Å². The minimum absolute atomic E-state index is 0.00513. The van der Waals surface area contributed by atoms with Gasteiger partial charge in [-0.25, -0.2) is 8.42 Å². The van der Waals surface area contributed by atoms with Gasteiger partial charge >= 0.3 is 5.22 Å². The van der Waals surface area contributed by atoms with Gasteiger partial charge in [0.05, 0.1) is 0 Å². The molecular formula is C15H25N3O4S. The van der Waals surface area contributed by atoms with Crippen molar-refractivity contribution in [1.82, 2.24) is 15.5 Å². The highest BCUT2D eigenvalue weighted by Crippen LogP contribution is 2.26. The molecule has 0 unspecified atom stereocenters. The molecule has 0 saturated heterocycles. The van der Waals surface area contributed by atoms with Crippen LogP contribution in [-0.4, -0.2) is 30.8 Å². The summed E-state index contributed by atoms with van der Waals surface area (Å²) in [5.74, 6) is 0.466. The van der Waals surface area contributed by atoms with Crippen LogP contribution in [-0.2, 0) is 14.6 Å². The van der Waals surface area contributed by atoms with Crippen molar-refractivity contribution in [2.75, 3.05) is 6.26 Å². The summed E-state index contributed by atoms with van der Waals surface area (Å²) in [7, 11) is -3.55. The Morgan fingerprint density at radius 3 is 2.43 bits per heavy atom. The Hall–Kier alpha value is -1.44. The van der Waals surface area contributed by atoms with Crippen molar-refractivity contribution in [2.45, 2.75) is 63.6 Å². The lowest BCUT2D eigenvalue weighted by atomic mass is 9.88. The van der Waals surface area contributed by atoms with Crippen LogP contribution in [0.25, 0.3) is 0 Å². The number of nitrogens with zero attached hydrogens (tertiary/aromatic N) is 2. The Bertz CT molecular complexity index is 633. The summed E-state index contributed by atoms with van der Waals surface area (Å²) in [6, 6.07) is -0.451. The summed E-state index contributed by atoms with van der Waals surface area (Å²) in [6.07, 6.45) is 6.77. The molecule has 2 rings (SSSR count). The summed E-state index contributed by atoms with van der Waals surface area (Å²) >= 11 is 0. The molecule has 1 aliphatic rings. The standard InChI is InChI=1S/C15H25N3O4S/c1-10(2)9-12(14-17-18-15(22-14)23(3,20)21)16-13(19)11-7-5-4-6-8-11/h10-12H,4-9H2,1-3H3,(H,16,19)/t12-/m0/s1. The number of sulfone groups is 1. The van der Waals surface area contributed by atoms with E-state index in [1.54, 1.807) is 0 Å². The molecule has 8 heteroatoms. The van der Waals surface area contributed by atoms with E-state index >= 15 is 0 Å². The van der Waals surface area contributed by atoms with E-state index in [9.17, 15) is 13.2 Å². The van der Waals surface area contributed by atoms with Crippen molar-refractivity contribution in [1.29, 1.82) is 0 Å². The molecule has 23 heavy (non-hydrogen) atoms. The summed E-state index contributed by atoms with van der Waals surface area (Å²) in [6.45, 7) is 4.04. The van der Waals surface area contributed by atoms with Gasteiger partial charge in [0.2, 0.25) is 21.6 Å². The average Bonchev–Trinajstić information content (AvgIpc) is 2.97. The fourth-order valence-electron chi connectivity index (χ4n) is 2.86. The molecule has 1 aliphatic carbocycles. The summed E-state index contributed by atoms with van der Waals surface area (Å²) in [5, 5.41) is 9.96. The molecule has 0 bridgehead atoms. The number of nitrogens with one attached hydrogen (secondary N) is 1. The normalized spacial score (nSPS) is 18.1. The highest BCUT2D eigenvalue weighted by atomic mass is 32.2. The second-order valence-electron chi connectivity index (χ2n) is 6.70. The molecule has 1 aromatic heterocycles. The number of carbonyl (C=O) groups excluding carboxylic acids is 1. The smallest absolute Gasteiger partial charge is 0.335 e. The Morgan fingerprint density at radius 2 is 1.91 bits per heavy atom. The first kappa shape index (κ1) is 17.9. The van der Waals surface area contributed by atoms with Crippen LogP contribution in [0.15, 0.2) is 9.64 Å². The SMILES string of the molecule is CC(C)C[C@H](NC(=O)C1CCCCC1)c1nnc(S(C)(=O)=O)o1. The maximum Gasteiger partial charge on any atom is 0.335 e. The Kier molecular flexibility index (Phi) is 5.78. The third-order valence-corrected chi connectivity index (χ3v) is 4.84. The van der Waals surface area contributed by atoms with Gasteiger partial charge in [0.1, 0.15) is 6.04 Å². The monoisotopic (exact) mass is 343 g/mol. The quantitative estimate of drug-likeness (QED) is 0.850. The van der Waals surface area contributed by atoms with Gasteiger partial charge in [-0.05, 0) is 25.2 Å². The first-order valence-electron chi connectivity index (χ1n) is 8.11. The number of rotatable bonds is 6. The van der Waals surface area contributed by atoms with Crippen LogP contribution in [0, 0.1) is 11.8 Å². The Balaban J connectivity index is 2.13. The zero-order valence-electron chi connectivity index (χ0n) is 13.9. The lowest BCUT2D eigenvalue weighted by Crippen LogP contribution is -2.35. The number of hydrogen-bond donors (Lipinski definition) is 1. The number of aromatic nitrogens is 2. The minimum Gasteiger partial charge on any atom is -0.410 e. The fraction of sp³-hybridized carbons (Fsp3) is 0.800. The second kappa shape index (κ2) is 7.42. The lowest BCUT2D eigenvalue weighted by molar-refractivity contribution is -0.127. The molecule has 0 aromatic carbocycles. The molecule has 1 heterocycles. The number of amides is 1. The molecule has 0 spiro atoms. The van der Waals surface area contributed by atoms with E-state index in [0.29, 0.717) is 12.3 Å². The number of hydrogen-bond acceptors (Lipinski definition) is 6. The van der Waals surface area contributed by atoms with Crippen LogP contribution in [0.5, 0.6) is 0 Å². The molecule has 130 valence electrons. The summed E-state index contributed by atoms with van der Waals surface area (Å²) in [4.78, 5) is 12.4. The van der Waals surface area contributed by atoms with Crippen molar-refractivity contribution < 1.29 is 17.6 Å². The van der Waals surface area contributed by atoms with Gasteiger partial charge < -0.3 is 9.73 Å². The molecule has 7 nitrogen and oxygen atoms in total. The van der Waals surface area contributed by atoms with Gasteiger partial charge in [0.15, 0.2) is 0 Å². The van der Waals surface area contributed by atoms with Gasteiger partial charge in [0, 0.05) is 12.2 Å². The lowest BCUT2D eigenvalue weighted by Gasteiger charge is -2.24. The van der Waals surface area contributed by atoms with Crippen LogP contribution in [0.4, 0.5) is 0 Å². The van der Waals surface area contributed by atoms with Crippen LogP contribution < -0.4 is 5.32 Å². The highest BCUT2D eigenvalue weighted by Gasteiger charge is 2.28. The fourth-order valence-corrected chi connectivity index (χ4v) is 3.28. The maximum absolute atomic E-state index is 12.4. The largest absolute Gasteiger partial charge is 0.410 e. The highest BCUT2D eigenvalue weighted by molar-refractivity contribution is 7.90. The van der Waals surface area contributed by atoms with E-state index in [4.69, 9.17) is 4.42 Å². The zero-order chi connectivity index (χ0) is 17.0. The van der Waals surface area contributed by atoms with Crippen molar-refractivity contribution >= 4 is 15.7 Å². The van der Waals surface area contributed by atoms with Crippen molar-refractivity contribution in [3.05, 3.63) is 5.89 Å². The molecule has 1 aromatic rings. The summed E-state index contributed by atoms with van der Waals surface area (Å²) in [5.41, 5.74) is 0. The van der Waals surface area contributed by atoms with Gasteiger partial charge in [-0.2, -0.15) is 0 Å². The Labute approximate surface area is 137 Å². The van der Waals surface area contributed by atoms with Gasteiger partial charge in [0.25, 0.3) is 0 Å². The molecule has 1 fully saturated rings. The number of carbonyl (C=O) groups is 1. The first-order chi connectivity index (χ1) is 10.8. The van der Waals surface area contributed by atoms with Crippen molar-refractivity contribution in [3.63, 3.8) is 0 Å². The van der Waals surface area contributed by atoms with Crippen LogP contribution >= 0.6 is 0 Å². The minimum atomic E-state index is -3.55. The molecule has 0 radical (unpaired) electrons. The van der Waals surface area contributed by atoms with Crippen LogP contribution in [0.3, 0.4) is 0 Å². The van der Waals surface area contributed by atoms with E-state index in [-0.39, 0.29) is 17.7 Å². The molecule has 0 aliphatic heterocycles. The summed E-state index contributed by atoms with van der Waals surface area (Å²) < 4.78 is 28.2. The van der Waals surface area contributed by atoms with E-state index in [2.05, 4.69) is 15.5 Å². The third-order valence-electron chi connectivity index (χ3n) is 4.04. The predicted octanol–water partition coefficient (Wildman–Crippen LogP) is 2.26. The van der Waals surface area contributed by atoms with E-state index in [0.717, 1.165) is 31.9 Å². The predicted molar refractivity (Wildman–Crippen MR) is 84.3 cm³/mol. The average molecular weight is 343 g/mol. The Morgan fingerprint density at radius 1 is 1.26 bits per heavy atom. The molecule has 1 amide bonds. The first-order valence-corrected chi connectivity index (χ1v) is 10.0. The van der Waals surface area contributed by atoms with E-state index in [1.807, 2.05) is 13.8 Å². The second-order valence-corrected chi connectivity index (χ2v) is 8.60. The van der Waals surface area contributed by atoms with Gasteiger partial charge in [-0.1, -0.05) is 38.2 Å². The van der Waals surface area contributed by atoms with E-state index < -0.39 is 21.1 Å². The third kappa shape index (κ3) is 5.02. The molecular weight excluding hydrogens is 318 g/mol. The maximum atomic E-state index is 12.4.